The molecule has 2 aliphatic heterocycles. The first-order valence-corrected chi connectivity index (χ1v) is 8.42. The molecule has 0 saturated carbocycles. The van der Waals surface area contributed by atoms with Gasteiger partial charge in [0, 0.05) is 23.3 Å². The highest BCUT2D eigenvalue weighted by atomic mass is 16.7. The van der Waals surface area contributed by atoms with Crippen LogP contribution in [0.5, 0.6) is 34.5 Å². The van der Waals surface area contributed by atoms with E-state index >= 15 is 0 Å². The largest absolute Gasteiger partial charge is 0.496 e. The first-order chi connectivity index (χ1) is 13.6. The number of hydrogen-bond donors (Lipinski definition) is 1. The Morgan fingerprint density at radius 2 is 1.54 bits per heavy atom. The van der Waals surface area contributed by atoms with Crippen LogP contribution in [0.1, 0.15) is 17.0 Å². The molecular weight excluding hydrogens is 364 g/mol. The van der Waals surface area contributed by atoms with Gasteiger partial charge in [-0.2, -0.15) is 5.26 Å². The molecule has 0 bridgehead atoms. The number of fused-ring (bicyclic) bond motifs is 2. The standard InChI is InChI=1S/C20H18N2O6/c1-23-13-6-16(25-3)15(24-2)4-10(13)19-11-5-17-18(27-9-26-17)7-14(11)28-20(22)12(19)8-21/h4-7,19H,9,22H2,1-3H3/t19-/m0/s1. The van der Waals surface area contributed by atoms with Gasteiger partial charge in [0.1, 0.15) is 23.1 Å². The predicted molar refractivity (Wildman–Crippen MR) is 98.0 cm³/mol. The Morgan fingerprint density at radius 3 is 2.18 bits per heavy atom. The molecule has 1 atom stereocenters. The molecule has 0 aromatic heterocycles. The van der Waals surface area contributed by atoms with Crippen LogP contribution in [0, 0.1) is 11.3 Å². The van der Waals surface area contributed by atoms with Crippen molar-refractivity contribution in [3.05, 3.63) is 46.8 Å². The first kappa shape index (κ1) is 17.7. The van der Waals surface area contributed by atoms with Gasteiger partial charge in [-0.05, 0) is 12.1 Å². The average Bonchev–Trinajstić information content (AvgIpc) is 3.17. The monoisotopic (exact) mass is 382 g/mol. The number of benzene rings is 2. The van der Waals surface area contributed by atoms with Crippen molar-refractivity contribution in [3.8, 4) is 40.6 Å². The molecule has 8 nitrogen and oxygen atoms in total. The number of hydrogen-bond acceptors (Lipinski definition) is 8. The summed E-state index contributed by atoms with van der Waals surface area (Å²) in [4.78, 5) is 0. The number of ether oxygens (including phenoxy) is 6. The Morgan fingerprint density at radius 1 is 0.893 bits per heavy atom. The lowest BCUT2D eigenvalue weighted by molar-refractivity contribution is 0.174. The van der Waals surface area contributed by atoms with Crippen molar-refractivity contribution >= 4 is 0 Å². The van der Waals surface area contributed by atoms with Gasteiger partial charge in [-0.15, -0.1) is 0 Å². The summed E-state index contributed by atoms with van der Waals surface area (Å²) in [7, 11) is 4.63. The number of nitriles is 1. The van der Waals surface area contributed by atoms with Crippen LogP contribution in [0.3, 0.4) is 0 Å². The van der Waals surface area contributed by atoms with Gasteiger partial charge in [-0.1, -0.05) is 0 Å². The number of nitrogens with zero attached hydrogens (tertiary/aromatic N) is 1. The molecule has 0 aliphatic carbocycles. The number of nitrogens with two attached hydrogens (primary N) is 1. The maximum absolute atomic E-state index is 9.78. The third kappa shape index (κ3) is 2.60. The SMILES string of the molecule is COc1cc(OC)c([C@@H]2C(C#N)=C(N)Oc3cc4c(cc32)OCO4)cc1OC. The van der Waals surface area contributed by atoms with Crippen molar-refractivity contribution in [1.29, 1.82) is 5.26 Å². The minimum absolute atomic E-state index is 0.0238. The summed E-state index contributed by atoms with van der Waals surface area (Å²) in [5, 5.41) is 9.78. The minimum Gasteiger partial charge on any atom is -0.496 e. The van der Waals surface area contributed by atoms with E-state index in [0.717, 1.165) is 0 Å². The normalized spacial score (nSPS) is 16.7. The molecule has 2 aromatic carbocycles. The lowest BCUT2D eigenvalue weighted by Crippen LogP contribution is -2.21. The molecule has 4 rings (SSSR count). The van der Waals surface area contributed by atoms with Gasteiger partial charge in [-0.25, -0.2) is 0 Å². The minimum atomic E-state index is -0.544. The molecule has 0 spiro atoms. The quantitative estimate of drug-likeness (QED) is 0.860. The van der Waals surface area contributed by atoms with E-state index < -0.39 is 5.92 Å². The Hall–Kier alpha value is -3.73. The van der Waals surface area contributed by atoms with E-state index in [4.69, 9.17) is 34.2 Å². The topological polar surface area (TPSA) is 105 Å². The lowest BCUT2D eigenvalue weighted by atomic mass is 9.82. The summed E-state index contributed by atoms with van der Waals surface area (Å²) < 4.78 is 33.0. The molecule has 2 N–H and O–H groups in total. The molecule has 0 radical (unpaired) electrons. The molecule has 2 aliphatic rings. The van der Waals surface area contributed by atoms with Crippen molar-refractivity contribution in [2.24, 2.45) is 5.73 Å². The molecule has 0 fully saturated rings. The van der Waals surface area contributed by atoms with Crippen molar-refractivity contribution in [2.45, 2.75) is 5.92 Å². The molecule has 144 valence electrons. The average molecular weight is 382 g/mol. The van der Waals surface area contributed by atoms with Gasteiger partial charge >= 0.3 is 0 Å². The number of allylic oxidation sites excluding steroid dienone is 1. The molecule has 2 heterocycles. The Bertz CT molecular complexity index is 1020. The summed E-state index contributed by atoms with van der Waals surface area (Å²) in [5.74, 6) is 2.64. The zero-order valence-corrected chi connectivity index (χ0v) is 15.6. The van der Waals surface area contributed by atoms with E-state index in [0.29, 0.717) is 45.6 Å². The fraction of sp³-hybridized carbons (Fsp3) is 0.250. The highest BCUT2D eigenvalue weighted by Crippen LogP contribution is 2.51. The van der Waals surface area contributed by atoms with Gasteiger partial charge < -0.3 is 34.2 Å². The highest BCUT2D eigenvalue weighted by molar-refractivity contribution is 5.65. The summed E-state index contributed by atoms with van der Waals surface area (Å²) in [5.41, 5.74) is 7.71. The van der Waals surface area contributed by atoms with E-state index in [-0.39, 0.29) is 18.2 Å². The predicted octanol–water partition coefficient (Wildman–Crippen LogP) is 2.66. The van der Waals surface area contributed by atoms with Gasteiger partial charge in [0.25, 0.3) is 0 Å². The molecular formula is C20H18N2O6. The molecule has 0 saturated heterocycles. The van der Waals surface area contributed by atoms with E-state index in [1.807, 2.05) is 0 Å². The smallest absolute Gasteiger partial charge is 0.231 e. The fourth-order valence-electron chi connectivity index (χ4n) is 3.45. The van der Waals surface area contributed by atoms with E-state index in [1.54, 1.807) is 45.6 Å². The van der Waals surface area contributed by atoms with Crippen LogP contribution in [0.2, 0.25) is 0 Å². The zero-order valence-electron chi connectivity index (χ0n) is 15.6. The van der Waals surface area contributed by atoms with Gasteiger partial charge in [-0.3, -0.25) is 0 Å². The van der Waals surface area contributed by atoms with Crippen molar-refractivity contribution < 1.29 is 28.4 Å². The molecule has 0 unspecified atom stereocenters. The third-order valence-corrected chi connectivity index (χ3v) is 4.76. The van der Waals surface area contributed by atoms with Crippen molar-refractivity contribution in [3.63, 3.8) is 0 Å². The van der Waals surface area contributed by atoms with Gasteiger partial charge in [0.2, 0.25) is 12.7 Å². The van der Waals surface area contributed by atoms with Crippen LogP contribution in [0.15, 0.2) is 35.7 Å². The number of methoxy groups -OCH3 is 3. The van der Waals surface area contributed by atoms with Gasteiger partial charge in [0.05, 0.1) is 27.2 Å². The Balaban J connectivity index is 1.97. The summed E-state index contributed by atoms with van der Waals surface area (Å²) >= 11 is 0. The molecule has 0 amide bonds. The van der Waals surface area contributed by atoms with Crippen LogP contribution in [0.25, 0.3) is 0 Å². The molecule has 28 heavy (non-hydrogen) atoms. The first-order valence-electron chi connectivity index (χ1n) is 8.42. The van der Waals surface area contributed by atoms with Gasteiger partial charge in [0.15, 0.2) is 23.0 Å². The maximum Gasteiger partial charge on any atom is 0.231 e. The second kappa shape index (κ2) is 6.78. The van der Waals surface area contributed by atoms with Crippen molar-refractivity contribution in [2.75, 3.05) is 28.1 Å². The summed E-state index contributed by atoms with van der Waals surface area (Å²) in [6.45, 7) is 0.122. The second-order valence-electron chi connectivity index (χ2n) is 6.12. The summed E-state index contributed by atoms with van der Waals surface area (Å²) in [6.07, 6.45) is 0. The van der Waals surface area contributed by atoms with Crippen molar-refractivity contribution in [1.82, 2.24) is 0 Å². The van der Waals surface area contributed by atoms with Crippen LogP contribution in [-0.4, -0.2) is 28.1 Å². The second-order valence-corrected chi connectivity index (χ2v) is 6.12. The maximum atomic E-state index is 9.78. The molecule has 8 heteroatoms. The number of rotatable bonds is 4. The zero-order chi connectivity index (χ0) is 19.8. The van der Waals surface area contributed by atoms with E-state index in [2.05, 4.69) is 6.07 Å². The fourth-order valence-corrected chi connectivity index (χ4v) is 3.45. The molecule has 2 aromatic rings. The Labute approximate surface area is 161 Å². The van der Waals surface area contributed by atoms with Crippen LogP contribution in [-0.2, 0) is 0 Å². The van der Waals surface area contributed by atoms with Crippen LogP contribution >= 0.6 is 0 Å². The summed E-state index contributed by atoms with van der Waals surface area (Å²) in [6, 6.07) is 9.14. The highest BCUT2D eigenvalue weighted by Gasteiger charge is 2.35. The Kier molecular flexibility index (Phi) is 4.28. The lowest BCUT2D eigenvalue weighted by Gasteiger charge is -2.28. The third-order valence-electron chi connectivity index (χ3n) is 4.76. The van der Waals surface area contributed by atoms with E-state index in [1.165, 1.54) is 0 Å². The van der Waals surface area contributed by atoms with Crippen LogP contribution in [0.4, 0.5) is 0 Å². The van der Waals surface area contributed by atoms with Crippen LogP contribution < -0.4 is 34.2 Å². The van der Waals surface area contributed by atoms with E-state index in [9.17, 15) is 5.26 Å².